The number of amides is 2. The van der Waals surface area contributed by atoms with Gasteiger partial charge < -0.3 is 5.73 Å². The van der Waals surface area contributed by atoms with Crippen LogP contribution in [0.5, 0.6) is 0 Å². The van der Waals surface area contributed by atoms with E-state index in [1.165, 1.54) is 11.8 Å². The fourth-order valence-corrected chi connectivity index (χ4v) is 3.65. The Labute approximate surface area is 150 Å². The van der Waals surface area contributed by atoms with Gasteiger partial charge in [0.05, 0.1) is 10.9 Å². The first-order chi connectivity index (χ1) is 12.1. The smallest absolute Gasteiger partial charge is 0.231 e. The van der Waals surface area contributed by atoms with Crippen LogP contribution in [0.25, 0.3) is 0 Å². The van der Waals surface area contributed by atoms with Gasteiger partial charge in [-0.15, -0.1) is 0 Å². The number of nitrogens with zero attached hydrogens (tertiary/aromatic N) is 2. The van der Waals surface area contributed by atoms with E-state index in [-0.39, 0.29) is 12.3 Å². The van der Waals surface area contributed by atoms with Crippen LogP contribution in [0, 0.1) is 0 Å². The van der Waals surface area contributed by atoms with Gasteiger partial charge in [-0.1, -0.05) is 60.3 Å². The van der Waals surface area contributed by atoms with Gasteiger partial charge in [-0.05, 0) is 24.1 Å². The Morgan fingerprint density at radius 2 is 1.76 bits per heavy atom. The maximum atomic E-state index is 12.6. The van der Waals surface area contributed by atoms with Crippen molar-refractivity contribution in [3.8, 4) is 0 Å². The average Bonchev–Trinajstić information content (AvgIpc) is 2.62. The summed E-state index contributed by atoms with van der Waals surface area (Å²) in [5.41, 5.74) is 7.30. The van der Waals surface area contributed by atoms with Crippen molar-refractivity contribution in [2.24, 2.45) is 10.7 Å². The summed E-state index contributed by atoms with van der Waals surface area (Å²) in [5.74, 6) is -0.602. The third kappa shape index (κ3) is 4.48. The molecule has 1 atom stereocenters. The normalized spacial score (nSPS) is 19.2. The van der Waals surface area contributed by atoms with Gasteiger partial charge in [0, 0.05) is 13.0 Å². The second kappa shape index (κ2) is 7.98. The Balaban J connectivity index is 1.83. The van der Waals surface area contributed by atoms with Gasteiger partial charge in [0.15, 0.2) is 5.17 Å². The van der Waals surface area contributed by atoms with Crippen molar-refractivity contribution in [3.05, 3.63) is 66.2 Å². The summed E-state index contributed by atoms with van der Waals surface area (Å²) in [4.78, 5) is 30.3. The summed E-state index contributed by atoms with van der Waals surface area (Å²) in [6, 6.07) is 19.4. The van der Waals surface area contributed by atoms with Crippen molar-refractivity contribution in [1.82, 2.24) is 4.90 Å². The first kappa shape index (κ1) is 17.2. The van der Waals surface area contributed by atoms with E-state index >= 15 is 0 Å². The van der Waals surface area contributed by atoms with Crippen LogP contribution in [0.15, 0.2) is 65.7 Å². The van der Waals surface area contributed by atoms with Crippen LogP contribution in [-0.4, -0.2) is 33.7 Å². The van der Waals surface area contributed by atoms with Crippen LogP contribution in [0.1, 0.15) is 12.0 Å². The lowest BCUT2D eigenvalue weighted by molar-refractivity contribution is -0.129. The monoisotopic (exact) mass is 353 g/mol. The van der Waals surface area contributed by atoms with E-state index in [1.807, 2.05) is 60.7 Å². The van der Waals surface area contributed by atoms with Crippen molar-refractivity contribution in [2.45, 2.75) is 18.1 Å². The minimum atomic E-state index is -0.567. The van der Waals surface area contributed by atoms with E-state index in [4.69, 9.17) is 5.73 Å². The third-order valence-electron chi connectivity index (χ3n) is 3.90. The van der Waals surface area contributed by atoms with E-state index in [9.17, 15) is 9.59 Å². The number of amidine groups is 1. The minimum Gasteiger partial charge on any atom is -0.369 e. The summed E-state index contributed by atoms with van der Waals surface area (Å²) in [7, 11) is 0. The molecular weight excluding hydrogens is 334 g/mol. The lowest BCUT2D eigenvalue weighted by Gasteiger charge is -2.31. The van der Waals surface area contributed by atoms with Gasteiger partial charge in [0.2, 0.25) is 11.8 Å². The second-order valence-electron chi connectivity index (χ2n) is 5.72. The number of para-hydroxylation sites is 1. The van der Waals surface area contributed by atoms with Crippen LogP contribution in [-0.2, 0) is 16.0 Å². The van der Waals surface area contributed by atoms with Crippen LogP contribution in [0.3, 0.4) is 0 Å². The maximum Gasteiger partial charge on any atom is 0.231 e. The highest BCUT2D eigenvalue weighted by Gasteiger charge is 2.34. The third-order valence-corrected chi connectivity index (χ3v) is 5.11. The number of carbonyl (C=O) groups excluding carboxylic acids is 2. The zero-order valence-corrected chi connectivity index (χ0v) is 14.5. The van der Waals surface area contributed by atoms with E-state index in [1.54, 1.807) is 4.90 Å². The molecule has 2 N–H and O–H groups in total. The van der Waals surface area contributed by atoms with Gasteiger partial charge in [-0.3, -0.25) is 14.5 Å². The predicted molar refractivity (Wildman–Crippen MR) is 101 cm³/mol. The molecule has 1 saturated heterocycles. The molecule has 25 heavy (non-hydrogen) atoms. The van der Waals surface area contributed by atoms with Gasteiger partial charge in [-0.2, -0.15) is 0 Å². The molecule has 128 valence electrons. The van der Waals surface area contributed by atoms with Crippen molar-refractivity contribution in [3.63, 3.8) is 0 Å². The maximum absolute atomic E-state index is 12.6. The number of hydrogen-bond acceptors (Lipinski definition) is 4. The van der Waals surface area contributed by atoms with Gasteiger partial charge in [-0.25, -0.2) is 4.99 Å². The number of carbonyl (C=O) groups is 2. The number of primary amides is 1. The average molecular weight is 353 g/mol. The second-order valence-corrected chi connectivity index (χ2v) is 6.89. The Hall–Kier alpha value is -2.60. The highest BCUT2D eigenvalue weighted by molar-refractivity contribution is 8.15. The van der Waals surface area contributed by atoms with Gasteiger partial charge in [0.25, 0.3) is 0 Å². The Kier molecular flexibility index (Phi) is 5.50. The van der Waals surface area contributed by atoms with Crippen LogP contribution in [0.4, 0.5) is 5.69 Å². The number of hydrogen-bond donors (Lipinski definition) is 1. The standard InChI is InChI=1S/C19H19N3O2S/c20-18(24)16-13-17(23)22(12-11-14-7-3-1-4-8-14)19(25-16)21-15-9-5-2-6-10-15/h1-10,16H,11-13H2,(H2,20,24). The molecule has 6 heteroatoms. The molecule has 0 spiro atoms. The molecule has 1 aliphatic rings. The molecule has 0 radical (unpaired) electrons. The first-order valence-electron chi connectivity index (χ1n) is 8.07. The zero-order chi connectivity index (χ0) is 17.6. The van der Waals surface area contributed by atoms with E-state index in [2.05, 4.69) is 4.99 Å². The number of benzene rings is 2. The molecule has 0 aliphatic carbocycles. The summed E-state index contributed by atoms with van der Waals surface area (Å²) >= 11 is 1.26. The number of thioether (sulfide) groups is 1. The lowest BCUT2D eigenvalue weighted by atomic mass is 10.1. The van der Waals surface area contributed by atoms with Crippen molar-refractivity contribution >= 4 is 34.4 Å². The fraction of sp³-hybridized carbons (Fsp3) is 0.211. The molecule has 0 bridgehead atoms. The van der Waals surface area contributed by atoms with E-state index < -0.39 is 11.2 Å². The molecule has 1 unspecified atom stereocenters. The van der Waals surface area contributed by atoms with Crippen molar-refractivity contribution in [1.29, 1.82) is 0 Å². The number of rotatable bonds is 5. The topological polar surface area (TPSA) is 75.8 Å². The van der Waals surface area contributed by atoms with Gasteiger partial charge >= 0.3 is 0 Å². The lowest BCUT2D eigenvalue weighted by Crippen LogP contribution is -2.46. The quantitative estimate of drug-likeness (QED) is 0.898. The molecule has 0 saturated carbocycles. The molecule has 1 heterocycles. The largest absolute Gasteiger partial charge is 0.369 e. The highest BCUT2D eigenvalue weighted by Crippen LogP contribution is 2.28. The first-order valence-corrected chi connectivity index (χ1v) is 8.95. The van der Waals surface area contributed by atoms with E-state index in [0.29, 0.717) is 11.7 Å². The molecule has 3 rings (SSSR count). The molecule has 1 fully saturated rings. The Bertz CT molecular complexity index is 778. The molecule has 5 nitrogen and oxygen atoms in total. The molecule has 1 aliphatic heterocycles. The summed E-state index contributed by atoms with van der Waals surface area (Å²) in [6.07, 6.45) is 0.838. The molecule has 2 amide bonds. The Morgan fingerprint density at radius 3 is 2.40 bits per heavy atom. The van der Waals surface area contributed by atoms with Crippen LogP contribution < -0.4 is 5.73 Å². The summed E-state index contributed by atoms with van der Waals surface area (Å²) in [5, 5.41) is -0.0369. The minimum absolute atomic E-state index is 0.114. The van der Waals surface area contributed by atoms with Crippen molar-refractivity contribution < 1.29 is 9.59 Å². The highest BCUT2D eigenvalue weighted by atomic mass is 32.2. The van der Waals surface area contributed by atoms with E-state index in [0.717, 1.165) is 17.7 Å². The number of aliphatic imine (C=N–C) groups is 1. The SMILES string of the molecule is NC(=O)C1CC(=O)N(CCc2ccccc2)C(=Nc2ccccc2)S1. The summed E-state index contributed by atoms with van der Waals surface area (Å²) < 4.78 is 0. The van der Waals surface area contributed by atoms with Crippen molar-refractivity contribution in [2.75, 3.05) is 6.54 Å². The zero-order valence-electron chi connectivity index (χ0n) is 13.7. The number of nitrogens with two attached hydrogens (primary N) is 1. The summed E-state index contributed by atoms with van der Waals surface area (Å²) in [6.45, 7) is 0.521. The van der Waals surface area contributed by atoms with Crippen LogP contribution in [0.2, 0.25) is 0 Å². The molecule has 2 aromatic rings. The molecule has 2 aromatic carbocycles. The van der Waals surface area contributed by atoms with Gasteiger partial charge in [0.1, 0.15) is 0 Å². The molecular formula is C19H19N3O2S. The van der Waals surface area contributed by atoms with Crippen LogP contribution >= 0.6 is 11.8 Å². The predicted octanol–water partition coefficient (Wildman–Crippen LogP) is 2.74. The molecule has 0 aromatic heterocycles. The Morgan fingerprint density at radius 1 is 1.12 bits per heavy atom. The fourth-order valence-electron chi connectivity index (χ4n) is 2.57.